The molecule has 36 heavy (non-hydrogen) atoms. The Balaban J connectivity index is 1.64. The number of likely N-dealkylation sites (N-methyl/N-ethyl adjacent to an activating group) is 1. The van der Waals surface area contributed by atoms with Gasteiger partial charge < -0.3 is 9.64 Å². The second-order valence-electron chi connectivity index (χ2n) is 9.63. The van der Waals surface area contributed by atoms with Crippen molar-refractivity contribution in [3.05, 3.63) is 47.5 Å². The maximum absolute atomic E-state index is 13.7. The molecule has 1 aliphatic heterocycles. The average Bonchev–Trinajstić information content (AvgIpc) is 3.30. The van der Waals surface area contributed by atoms with Gasteiger partial charge in [0, 0.05) is 31.7 Å². The number of benzene rings is 2. The molecule has 0 unspecified atom stereocenters. The minimum absolute atomic E-state index is 0.216. The van der Waals surface area contributed by atoms with Crippen LogP contribution in [0.15, 0.2) is 41.3 Å². The Morgan fingerprint density at radius 3 is 2.39 bits per heavy atom. The van der Waals surface area contributed by atoms with E-state index in [0.717, 1.165) is 28.6 Å². The molecule has 3 aromatic rings. The number of anilines is 1. The average molecular weight is 531 g/mol. The molecular formula is C26H34N4O4S2. The van der Waals surface area contributed by atoms with Crippen LogP contribution in [0.3, 0.4) is 0 Å². The Bertz CT molecular complexity index is 1330. The quantitative estimate of drug-likeness (QED) is 0.433. The second-order valence-corrected chi connectivity index (χ2v) is 12.5. The Kier molecular flexibility index (Phi) is 7.99. The molecule has 0 saturated carbocycles. The van der Waals surface area contributed by atoms with E-state index in [9.17, 15) is 13.2 Å². The standard InChI is InChI=1S/C26H34N4O4S2/c1-18-12-14-29(15-13-18)36(32,33)21-9-7-20(8-10-21)25(31)30(17-16-28(3)4)26-27-23-22(34-5)11-6-19(2)24(23)35-26/h6-11,18H,12-17H2,1-5H3. The van der Waals surface area contributed by atoms with E-state index in [1.54, 1.807) is 28.4 Å². The number of amides is 1. The summed E-state index contributed by atoms with van der Waals surface area (Å²) >= 11 is 1.46. The summed E-state index contributed by atoms with van der Waals surface area (Å²) in [7, 11) is 1.94. The predicted molar refractivity (Wildman–Crippen MR) is 145 cm³/mol. The lowest BCUT2D eigenvalue weighted by Crippen LogP contribution is -2.38. The molecule has 4 rings (SSSR count). The number of sulfonamides is 1. The van der Waals surface area contributed by atoms with Gasteiger partial charge in [-0.15, -0.1) is 0 Å². The third-order valence-electron chi connectivity index (χ3n) is 6.64. The zero-order valence-corrected chi connectivity index (χ0v) is 23.2. The Hall–Kier alpha value is -2.53. The smallest absolute Gasteiger partial charge is 0.260 e. The highest BCUT2D eigenvalue weighted by atomic mass is 32.2. The van der Waals surface area contributed by atoms with Crippen molar-refractivity contribution >= 4 is 42.6 Å². The lowest BCUT2D eigenvalue weighted by molar-refractivity contribution is 0.0985. The minimum Gasteiger partial charge on any atom is -0.494 e. The number of piperidine rings is 1. The number of carbonyl (C=O) groups is 1. The van der Waals surface area contributed by atoms with Gasteiger partial charge in [0.1, 0.15) is 11.3 Å². The van der Waals surface area contributed by atoms with Gasteiger partial charge in [-0.05, 0) is 75.7 Å². The highest BCUT2D eigenvalue weighted by Crippen LogP contribution is 2.37. The van der Waals surface area contributed by atoms with E-state index in [1.807, 2.05) is 38.1 Å². The van der Waals surface area contributed by atoms with E-state index in [4.69, 9.17) is 9.72 Å². The molecule has 1 amide bonds. The van der Waals surface area contributed by atoms with Gasteiger partial charge in [-0.3, -0.25) is 9.69 Å². The van der Waals surface area contributed by atoms with Gasteiger partial charge in [-0.2, -0.15) is 4.31 Å². The van der Waals surface area contributed by atoms with E-state index < -0.39 is 10.0 Å². The predicted octanol–water partition coefficient (Wildman–Crippen LogP) is 4.24. The molecule has 1 aromatic heterocycles. The van der Waals surface area contributed by atoms with Crippen LogP contribution in [0.1, 0.15) is 35.7 Å². The minimum atomic E-state index is -3.57. The first-order chi connectivity index (χ1) is 17.1. The number of methoxy groups -OCH3 is 1. The zero-order chi connectivity index (χ0) is 26.0. The highest BCUT2D eigenvalue weighted by Gasteiger charge is 2.29. The lowest BCUT2D eigenvalue weighted by Gasteiger charge is -2.29. The SMILES string of the molecule is COc1ccc(C)c2sc(N(CCN(C)C)C(=O)c3ccc(S(=O)(=O)N4CCC(C)CC4)cc3)nc12. The summed E-state index contributed by atoms with van der Waals surface area (Å²) in [6.45, 7) is 6.32. The summed E-state index contributed by atoms with van der Waals surface area (Å²) in [4.78, 5) is 22.3. The van der Waals surface area contributed by atoms with E-state index >= 15 is 0 Å². The van der Waals surface area contributed by atoms with Gasteiger partial charge in [-0.25, -0.2) is 13.4 Å². The third kappa shape index (κ3) is 5.41. The number of nitrogens with zero attached hydrogens (tertiary/aromatic N) is 4. The molecule has 1 aliphatic rings. The van der Waals surface area contributed by atoms with E-state index in [-0.39, 0.29) is 10.8 Å². The van der Waals surface area contributed by atoms with Crippen LogP contribution < -0.4 is 9.64 Å². The van der Waals surface area contributed by atoms with Gasteiger partial charge in [0.25, 0.3) is 5.91 Å². The van der Waals surface area contributed by atoms with E-state index in [1.165, 1.54) is 23.5 Å². The van der Waals surface area contributed by atoms with Crippen molar-refractivity contribution in [3.63, 3.8) is 0 Å². The zero-order valence-electron chi connectivity index (χ0n) is 21.5. The summed E-state index contributed by atoms with van der Waals surface area (Å²) in [5, 5.41) is 0.587. The van der Waals surface area contributed by atoms with Gasteiger partial charge >= 0.3 is 0 Å². The maximum atomic E-state index is 13.7. The molecule has 194 valence electrons. The first-order valence-corrected chi connectivity index (χ1v) is 14.4. The third-order valence-corrected chi connectivity index (χ3v) is 9.77. The number of hydrogen-bond acceptors (Lipinski definition) is 7. The highest BCUT2D eigenvalue weighted by molar-refractivity contribution is 7.89. The molecule has 2 aromatic carbocycles. The van der Waals surface area contributed by atoms with Crippen LogP contribution in [0, 0.1) is 12.8 Å². The molecule has 0 N–H and O–H groups in total. The maximum Gasteiger partial charge on any atom is 0.260 e. The Morgan fingerprint density at radius 1 is 1.11 bits per heavy atom. The molecule has 0 atom stereocenters. The number of carbonyl (C=O) groups excluding carboxylic acids is 1. The number of fused-ring (bicyclic) bond motifs is 1. The van der Waals surface area contributed by atoms with E-state index in [2.05, 4.69) is 6.92 Å². The Morgan fingerprint density at radius 2 is 1.78 bits per heavy atom. The number of ether oxygens (including phenoxy) is 1. The van der Waals surface area contributed by atoms with Crippen molar-refractivity contribution in [2.45, 2.75) is 31.6 Å². The molecule has 1 saturated heterocycles. The van der Waals surface area contributed by atoms with Crippen molar-refractivity contribution in [2.24, 2.45) is 5.92 Å². The van der Waals surface area contributed by atoms with Crippen LogP contribution in [0.4, 0.5) is 5.13 Å². The van der Waals surface area contributed by atoms with Crippen LogP contribution in [-0.2, 0) is 10.0 Å². The summed E-state index contributed by atoms with van der Waals surface area (Å²) < 4.78 is 34.2. The van der Waals surface area contributed by atoms with Gasteiger partial charge in [0.05, 0.1) is 16.7 Å². The van der Waals surface area contributed by atoms with Gasteiger partial charge in [0.15, 0.2) is 5.13 Å². The largest absolute Gasteiger partial charge is 0.494 e. The molecule has 1 fully saturated rings. The topological polar surface area (TPSA) is 83.0 Å². The summed E-state index contributed by atoms with van der Waals surface area (Å²) in [6.07, 6.45) is 1.73. The van der Waals surface area contributed by atoms with Crippen LogP contribution in [0.2, 0.25) is 0 Å². The normalized spacial score (nSPS) is 15.5. The Labute approximate surface area is 217 Å². The number of aromatic nitrogens is 1. The summed E-state index contributed by atoms with van der Waals surface area (Å²) in [6, 6.07) is 10.1. The molecular weight excluding hydrogens is 496 g/mol. The fourth-order valence-electron chi connectivity index (χ4n) is 4.26. The van der Waals surface area contributed by atoms with E-state index in [0.29, 0.717) is 48.5 Å². The number of aryl methyl sites for hydroxylation is 1. The molecule has 0 aliphatic carbocycles. The molecule has 0 radical (unpaired) electrons. The molecule has 10 heteroatoms. The fraction of sp³-hybridized carbons (Fsp3) is 0.462. The monoisotopic (exact) mass is 530 g/mol. The fourth-order valence-corrected chi connectivity index (χ4v) is 6.81. The van der Waals surface area contributed by atoms with Crippen molar-refractivity contribution in [1.82, 2.24) is 14.2 Å². The van der Waals surface area contributed by atoms with Gasteiger partial charge in [0.2, 0.25) is 10.0 Å². The van der Waals surface area contributed by atoms with Crippen LogP contribution >= 0.6 is 11.3 Å². The van der Waals surface area contributed by atoms with Crippen LogP contribution in [-0.4, -0.2) is 75.9 Å². The van der Waals surface area contributed by atoms with Gasteiger partial charge in [-0.1, -0.05) is 24.3 Å². The number of thiazole rings is 1. The van der Waals surface area contributed by atoms with Crippen LogP contribution in [0.25, 0.3) is 10.2 Å². The molecule has 0 spiro atoms. The van der Waals surface area contributed by atoms with Crippen molar-refractivity contribution in [3.8, 4) is 5.75 Å². The number of rotatable bonds is 8. The second kappa shape index (κ2) is 10.8. The molecule has 2 heterocycles. The molecule has 0 bridgehead atoms. The molecule has 8 nitrogen and oxygen atoms in total. The van der Waals surface area contributed by atoms with Crippen molar-refractivity contribution in [1.29, 1.82) is 0 Å². The number of hydrogen-bond donors (Lipinski definition) is 0. The van der Waals surface area contributed by atoms with Crippen molar-refractivity contribution in [2.75, 3.05) is 52.3 Å². The first kappa shape index (κ1) is 26.5. The van der Waals surface area contributed by atoms with Crippen LogP contribution in [0.5, 0.6) is 5.75 Å². The first-order valence-electron chi connectivity index (χ1n) is 12.1. The summed E-state index contributed by atoms with van der Waals surface area (Å²) in [5.41, 5.74) is 2.22. The summed E-state index contributed by atoms with van der Waals surface area (Å²) in [5.74, 6) is 0.985. The lowest BCUT2D eigenvalue weighted by atomic mass is 10.0. The van der Waals surface area contributed by atoms with Crippen molar-refractivity contribution < 1.29 is 17.9 Å².